The van der Waals surface area contributed by atoms with Crippen molar-refractivity contribution in [2.24, 2.45) is 0 Å². The largest absolute Gasteiger partial charge is 0.490 e. The number of hydrogen-bond acceptors (Lipinski definition) is 10. The summed E-state index contributed by atoms with van der Waals surface area (Å²) < 4.78 is 22.9. The number of rotatable bonds is 12. The second-order valence-electron chi connectivity index (χ2n) is 7.00. The lowest BCUT2D eigenvalue weighted by Crippen LogP contribution is -2.22. The van der Waals surface area contributed by atoms with Crippen molar-refractivity contribution in [3.8, 4) is 28.7 Å². The highest BCUT2D eigenvalue weighted by Gasteiger charge is 2.23. The molecule has 0 radical (unpaired) electrons. The van der Waals surface area contributed by atoms with Crippen molar-refractivity contribution in [2.45, 2.75) is 38.2 Å². The lowest BCUT2D eigenvalue weighted by molar-refractivity contribution is -0.383. The highest BCUT2D eigenvalue weighted by Crippen LogP contribution is 2.42. The first-order chi connectivity index (χ1) is 16.9. The Morgan fingerprint density at radius 2 is 1.71 bits per heavy atom. The molecule has 0 fully saturated rings. The Bertz CT molecular complexity index is 1160. The minimum absolute atomic E-state index is 0.113. The van der Waals surface area contributed by atoms with E-state index in [4.69, 9.17) is 18.6 Å². The monoisotopic (exact) mass is 502 g/mol. The van der Waals surface area contributed by atoms with E-state index in [1.807, 2.05) is 20.8 Å². The Morgan fingerprint density at radius 1 is 1.09 bits per heavy atom. The van der Waals surface area contributed by atoms with E-state index in [1.54, 1.807) is 25.1 Å². The average molecular weight is 503 g/mol. The van der Waals surface area contributed by atoms with Crippen molar-refractivity contribution >= 4 is 29.0 Å². The molecule has 0 unspecified atom stereocenters. The molecule has 0 saturated carbocycles. The van der Waals surface area contributed by atoms with Gasteiger partial charge in [0.1, 0.15) is 5.69 Å². The number of benzene rings is 2. The van der Waals surface area contributed by atoms with Crippen molar-refractivity contribution in [2.75, 3.05) is 25.1 Å². The molecule has 2 aromatic carbocycles. The fourth-order valence-corrected chi connectivity index (χ4v) is 3.75. The number of ether oxygens (including phenoxy) is 3. The molecule has 0 aliphatic carbocycles. The van der Waals surface area contributed by atoms with Crippen LogP contribution in [0, 0.1) is 10.1 Å². The van der Waals surface area contributed by atoms with Crippen LogP contribution in [-0.2, 0) is 4.79 Å². The molecule has 11 nitrogen and oxygen atoms in total. The van der Waals surface area contributed by atoms with E-state index in [2.05, 4.69) is 15.5 Å². The van der Waals surface area contributed by atoms with Crippen LogP contribution >= 0.6 is 11.8 Å². The van der Waals surface area contributed by atoms with Gasteiger partial charge in [0.2, 0.25) is 17.5 Å². The number of nitrogens with one attached hydrogen (secondary N) is 1. The van der Waals surface area contributed by atoms with Gasteiger partial charge in [0.05, 0.1) is 30.0 Å². The quantitative estimate of drug-likeness (QED) is 0.205. The van der Waals surface area contributed by atoms with Crippen molar-refractivity contribution in [3.63, 3.8) is 0 Å². The van der Waals surface area contributed by atoms with Crippen LogP contribution in [0.15, 0.2) is 46.0 Å². The zero-order valence-corrected chi connectivity index (χ0v) is 20.6. The lowest BCUT2D eigenvalue weighted by Gasteiger charge is -2.16. The molecule has 1 amide bonds. The van der Waals surface area contributed by atoms with Crippen LogP contribution in [0.25, 0.3) is 11.5 Å². The minimum atomic E-state index is -0.665. The van der Waals surface area contributed by atoms with Crippen LogP contribution in [-0.4, -0.2) is 46.1 Å². The SMILES string of the molecule is CCOc1cc(-c2nnc(S[C@H](C)C(=O)Nc3ccccc3[N+](=O)[O-])o2)cc(OCC)c1OCC. The van der Waals surface area contributed by atoms with Crippen LogP contribution in [0.3, 0.4) is 0 Å². The highest BCUT2D eigenvalue weighted by atomic mass is 32.2. The molecule has 0 saturated heterocycles. The van der Waals surface area contributed by atoms with E-state index < -0.39 is 16.1 Å². The summed E-state index contributed by atoms with van der Waals surface area (Å²) in [6.45, 7) is 8.51. The molecule has 186 valence electrons. The van der Waals surface area contributed by atoms with Gasteiger partial charge in [0, 0.05) is 11.6 Å². The summed E-state index contributed by atoms with van der Waals surface area (Å²) in [6, 6.07) is 9.38. The smallest absolute Gasteiger partial charge is 0.292 e. The Kier molecular flexibility index (Phi) is 8.90. The Balaban J connectivity index is 1.79. The molecule has 1 heterocycles. The Hall–Kier alpha value is -3.80. The van der Waals surface area contributed by atoms with Crippen LogP contribution in [0.5, 0.6) is 17.2 Å². The van der Waals surface area contributed by atoms with Gasteiger partial charge in [-0.1, -0.05) is 23.9 Å². The third kappa shape index (κ3) is 6.41. The van der Waals surface area contributed by atoms with E-state index in [0.29, 0.717) is 42.6 Å². The topological polar surface area (TPSA) is 139 Å². The molecule has 0 spiro atoms. The zero-order chi connectivity index (χ0) is 25.4. The van der Waals surface area contributed by atoms with Crippen molar-refractivity contribution in [1.29, 1.82) is 0 Å². The first kappa shape index (κ1) is 25.8. The van der Waals surface area contributed by atoms with Crippen molar-refractivity contribution in [3.05, 3.63) is 46.5 Å². The molecule has 1 N–H and O–H groups in total. The number of carbonyl (C=O) groups excluding carboxylic acids is 1. The minimum Gasteiger partial charge on any atom is -0.490 e. The van der Waals surface area contributed by atoms with Gasteiger partial charge in [-0.3, -0.25) is 14.9 Å². The van der Waals surface area contributed by atoms with E-state index in [1.165, 1.54) is 18.2 Å². The predicted octanol–water partition coefficient (Wildman–Crippen LogP) is 4.96. The van der Waals surface area contributed by atoms with Crippen molar-refractivity contribution in [1.82, 2.24) is 10.2 Å². The second kappa shape index (κ2) is 12.1. The standard InChI is InChI=1S/C23H26N4O7S/c1-5-31-18-12-15(13-19(32-6-2)20(18)33-7-3)22-25-26-23(34-22)35-14(4)21(28)24-16-10-8-9-11-17(16)27(29)30/h8-14H,5-7H2,1-4H3,(H,24,28)/t14-/m1/s1. The zero-order valence-electron chi connectivity index (χ0n) is 19.8. The number of hydrogen-bond donors (Lipinski definition) is 1. The molecule has 35 heavy (non-hydrogen) atoms. The van der Waals surface area contributed by atoms with Gasteiger partial charge in [-0.25, -0.2) is 0 Å². The maximum atomic E-state index is 12.6. The molecular formula is C23H26N4O7S. The van der Waals surface area contributed by atoms with Gasteiger partial charge in [-0.2, -0.15) is 0 Å². The van der Waals surface area contributed by atoms with Crippen LogP contribution in [0.2, 0.25) is 0 Å². The third-order valence-corrected chi connectivity index (χ3v) is 5.50. The normalized spacial score (nSPS) is 11.5. The number of nitro groups is 1. The van der Waals surface area contributed by atoms with Gasteiger partial charge >= 0.3 is 0 Å². The number of nitro benzene ring substituents is 1. The second-order valence-corrected chi connectivity index (χ2v) is 8.29. The predicted molar refractivity (Wildman–Crippen MR) is 130 cm³/mol. The number of aromatic nitrogens is 2. The molecule has 3 aromatic rings. The summed E-state index contributed by atoms with van der Waals surface area (Å²) in [4.78, 5) is 23.2. The number of nitrogens with zero attached hydrogens (tertiary/aromatic N) is 3. The van der Waals surface area contributed by atoms with Crippen molar-refractivity contribution < 1.29 is 28.3 Å². The molecule has 1 atom stereocenters. The van der Waals surface area contributed by atoms with E-state index in [9.17, 15) is 14.9 Å². The van der Waals surface area contributed by atoms with Crippen LogP contribution < -0.4 is 19.5 Å². The summed E-state index contributed by atoms with van der Waals surface area (Å²) in [5.74, 6) is 1.24. The maximum Gasteiger partial charge on any atom is 0.292 e. The molecule has 0 aliphatic heterocycles. The molecule has 12 heteroatoms. The fraction of sp³-hybridized carbons (Fsp3) is 0.348. The van der Waals surface area contributed by atoms with E-state index >= 15 is 0 Å². The summed E-state index contributed by atoms with van der Waals surface area (Å²) in [5.41, 5.74) is 0.489. The first-order valence-corrected chi connectivity index (χ1v) is 11.9. The lowest BCUT2D eigenvalue weighted by atomic mass is 10.2. The van der Waals surface area contributed by atoms with Gasteiger partial charge in [0.25, 0.3) is 10.9 Å². The summed E-state index contributed by atoms with van der Waals surface area (Å²) >= 11 is 1.03. The van der Waals surface area contributed by atoms with Gasteiger partial charge in [0.15, 0.2) is 11.5 Å². The number of carbonyl (C=O) groups is 1. The van der Waals surface area contributed by atoms with E-state index in [-0.39, 0.29) is 22.5 Å². The van der Waals surface area contributed by atoms with Gasteiger partial charge in [-0.05, 0) is 45.9 Å². The van der Waals surface area contributed by atoms with E-state index in [0.717, 1.165) is 11.8 Å². The summed E-state index contributed by atoms with van der Waals surface area (Å²) in [7, 11) is 0. The number of anilines is 1. The molecule has 1 aromatic heterocycles. The molecule has 3 rings (SSSR count). The fourth-order valence-electron chi connectivity index (χ4n) is 3.06. The first-order valence-electron chi connectivity index (χ1n) is 11.0. The number of para-hydroxylation sites is 2. The highest BCUT2D eigenvalue weighted by molar-refractivity contribution is 8.00. The van der Waals surface area contributed by atoms with Gasteiger partial charge < -0.3 is 23.9 Å². The summed E-state index contributed by atoms with van der Waals surface area (Å²) in [6.07, 6.45) is 0. The molecule has 0 aliphatic rings. The third-order valence-electron chi connectivity index (χ3n) is 4.57. The number of amides is 1. The summed E-state index contributed by atoms with van der Waals surface area (Å²) in [5, 5.41) is 21.4. The average Bonchev–Trinajstić information content (AvgIpc) is 3.30. The molecule has 0 bridgehead atoms. The Morgan fingerprint density at radius 3 is 2.31 bits per heavy atom. The Labute approximate surface area is 206 Å². The number of thioether (sulfide) groups is 1. The van der Waals surface area contributed by atoms with Crippen LogP contribution in [0.4, 0.5) is 11.4 Å². The molecular weight excluding hydrogens is 476 g/mol. The van der Waals surface area contributed by atoms with Crippen LogP contribution in [0.1, 0.15) is 27.7 Å². The maximum absolute atomic E-state index is 12.6. The van der Waals surface area contributed by atoms with Gasteiger partial charge in [-0.15, -0.1) is 10.2 Å².